The third-order valence-corrected chi connectivity index (χ3v) is 5.89. The Morgan fingerprint density at radius 3 is 2.52 bits per heavy atom. The highest BCUT2D eigenvalue weighted by Crippen LogP contribution is 2.41. The molecule has 1 aromatic carbocycles. The Balaban J connectivity index is 1.76. The van der Waals surface area contributed by atoms with E-state index in [1.165, 1.54) is 12.5 Å². The highest BCUT2D eigenvalue weighted by atomic mass is 19.4. The number of nitrogens with zero attached hydrogens (tertiary/aromatic N) is 4. The van der Waals surface area contributed by atoms with Gasteiger partial charge >= 0.3 is 6.18 Å². The molecule has 0 unspecified atom stereocenters. The lowest BCUT2D eigenvalue weighted by atomic mass is 9.88. The molecule has 0 aliphatic carbocycles. The topological polar surface area (TPSA) is 74.8 Å². The van der Waals surface area contributed by atoms with Crippen LogP contribution in [0.5, 0.6) is 0 Å². The Bertz CT molecular complexity index is 1140. The van der Waals surface area contributed by atoms with Crippen LogP contribution in [0, 0.1) is 11.7 Å². The number of carbonyl (C=O) groups is 1. The minimum atomic E-state index is -4.62. The molecule has 174 valence electrons. The van der Waals surface area contributed by atoms with Gasteiger partial charge in [-0.3, -0.25) is 9.89 Å². The number of amides is 1. The Morgan fingerprint density at radius 1 is 1.18 bits per heavy atom. The molecular formula is C23H23F4N5O. The van der Waals surface area contributed by atoms with Gasteiger partial charge in [-0.2, -0.15) is 18.3 Å². The maximum Gasteiger partial charge on any atom is 0.416 e. The highest BCUT2D eigenvalue weighted by molar-refractivity contribution is 5.82. The lowest BCUT2D eigenvalue weighted by Crippen LogP contribution is -2.40. The van der Waals surface area contributed by atoms with Gasteiger partial charge in [0, 0.05) is 47.9 Å². The Morgan fingerprint density at radius 2 is 1.91 bits per heavy atom. The molecule has 3 aromatic rings. The number of nitrogens with one attached hydrogen (secondary N) is 1. The summed E-state index contributed by atoms with van der Waals surface area (Å²) in [5.41, 5.74) is 0.390. The van der Waals surface area contributed by atoms with E-state index < -0.39 is 17.6 Å². The average molecular weight is 461 g/mol. The van der Waals surface area contributed by atoms with Crippen LogP contribution in [-0.4, -0.2) is 44.1 Å². The molecule has 1 aliphatic heterocycles. The van der Waals surface area contributed by atoms with E-state index in [0.717, 1.165) is 12.1 Å². The fourth-order valence-corrected chi connectivity index (χ4v) is 4.18. The summed E-state index contributed by atoms with van der Waals surface area (Å²) in [5.74, 6) is -0.864. The number of hydrogen-bond acceptors (Lipinski definition) is 4. The van der Waals surface area contributed by atoms with Crippen LogP contribution in [0.3, 0.4) is 0 Å². The van der Waals surface area contributed by atoms with Crippen molar-refractivity contribution in [2.24, 2.45) is 5.92 Å². The van der Waals surface area contributed by atoms with Gasteiger partial charge in [-0.1, -0.05) is 13.8 Å². The second kappa shape index (κ2) is 8.92. The van der Waals surface area contributed by atoms with Gasteiger partial charge in [-0.05, 0) is 37.1 Å². The van der Waals surface area contributed by atoms with Crippen molar-refractivity contribution in [3.63, 3.8) is 0 Å². The SMILES string of the molecule is CC(C)C(=O)N1CCC(c2[nH]nc(-c3cc(C(F)(F)F)ccc3F)c2-c2ccncn2)CC1. The van der Waals surface area contributed by atoms with Crippen LogP contribution in [0.2, 0.25) is 0 Å². The van der Waals surface area contributed by atoms with Crippen molar-refractivity contribution < 1.29 is 22.4 Å². The summed E-state index contributed by atoms with van der Waals surface area (Å²) in [5, 5.41) is 7.16. The van der Waals surface area contributed by atoms with Gasteiger partial charge in [0.05, 0.1) is 11.3 Å². The molecule has 1 saturated heterocycles. The third-order valence-electron chi connectivity index (χ3n) is 5.89. The monoisotopic (exact) mass is 461 g/mol. The fraction of sp³-hybridized carbons (Fsp3) is 0.391. The quantitative estimate of drug-likeness (QED) is 0.552. The van der Waals surface area contributed by atoms with Crippen molar-refractivity contribution in [1.82, 2.24) is 25.1 Å². The van der Waals surface area contributed by atoms with Crippen molar-refractivity contribution >= 4 is 5.91 Å². The smallest absolute Gasteiger partial charge is 0.342 e. The number of alkyl halides is 3. The molecule has 10 heteroatoms. The van der Waals surface area contributed by atoms with Crippen LogP contribution in [0.25, 0.3) is 22.5 Å². The van der Waals surface area contributed by atoms with E-state index in [1.807, 2.05) is 18.7 Å². The molecule has 0 spiro atoms. The first-order chi connectivity index (χ1) is 15.7. The maximum absolute atomic E-state index is 14.7. The first-order valence-corrected chi connectivity index (χ1v) is 10.7. The fourth-order valence-electron chi connectivity index (χ4n) is 4.18. The molecule has 2 aromatic heterocycles. The number of halogens is 4. The summed E-state index contributed by atoms with van der Waals surface area (Å²) in [6, 6.07) is 3.88. The number of hydrogen-bond donors (Lipinski definition) is 1. The normalized spacial score (nSPS) is 15.3. The van der Waals surface area contributed by atoms with E-state index in [4.69, 9.17) is 0 Å². The third kappa shape index (κ3) is 4.60. The number of aromatic nitrogens is 4. The molecule has 0 atom stereocenters. The summed E-state index contributed by atoms with van der Waals surface area (Å²) in [6.45, 7) is 4.81. The Hall–Kier alpha value is -3.30. The highest BCUT2D eigenvalue weighted by Gasteiger charge is 2.33. The van der Waals surface area contributed by atoms with E-state index in [2.05, 4.69) is 20.2 Å². The maximum atomic E-state index is 14.7. The Kier molecular flexibility index (Phi) is 6.18. The van der Waals surface area contributed by atoms with Crippen LogP contribution in [0.1, 0.15) is 43.9 Å². The predicted molar refractivity (Wildman–Crippen MR) is 113 cm³/mol. The molecule has 6 nitrogen and oxygen atoms in total. The van der Waals surface area contributed by atoms with E-state index in [9.17, 15) is 22.4 Å². The lowest BCUT2D eigenvalue weighted by Gasteiger charge is -2.33. The van der Waals surface area contributed by atoms with Crippen LogP contribution in [-0.2, 0) is 11.0 Å². The zero-order valence-electron chi connectivity index (χ0n) is 18.2. The molecule has 1 aliphatic rings. The molecule has 1 amide bonds. The number of likely N-dealkylation sites (tertiary alicyclic amines) is 1. The lowest BCUT2D eigenvalue weighted by molar-refractivity contribution is -0.137. The van der Waals surface area contributed by atoms with Crippen LogP contribution in [0.15, 0.2) is 36.8 Å². The number of piperidine rings is 1. The van der Waals surface area contributed by atoms with Crippen molar-refractivity contribution in [3.05, 3.63) is 53.9 Å². The average Bonchev–Trinajstić information content (AvgIpc) is 3.23. The van der Waals surface area contributed by atoms with Gasteiger partial charge in [-0.15, -0.1) is 0 Å². The zero-order valence-corrected chi connectivity index (χ0v) is 18.2. The van der Waals surface area contributed by atoms with E-state index in [1.54, 1.807) is 6.07 Å². The van der Waals surface area contributed by atoms with Crippen LogP contribution >= 0.6 is 0 Å². The molecule has 1 fully saturated rings. The van der Waals surface area contributed by atoms with Gasteiger partial charge in [0.15, 0.2) is 0 Å². The zero-order chi connectivity index (χ0) is 23.8. The summed E-state index contributed by atoms with van der Waals surface area (Å²) in [7, 11) is 0. The molecule has 33 heavy (non-hydrogen) atoms. The van der Waals surface area contributed by atoms with Gasteiger partial charge in [0.2, 0.25) is 5.91 Å². The molecule has 1 N–H and O–H groups in total. The summed E-state index contributed by atoms with van der Waals surface area (Å²) in [6.07, 6.45) is -0.503. The standard InChI is InChI=1S/C23H23F4N5O/c1-13(2)22(33)32-9-6-14(7-10-32)20-19(18-5-8-28-12-29-18)21(31-30-20)16-11-15(23(25,26)27)3-4-17(16)24/h3-5,8,11-14H,6-7,9-10H2,1-2H3,(H,30,31). The largest absolute Gasteiger partial charge is 0.416 e. The van der Waals surface area contributed by atoms with Crippen molar-refractivity contribution in [3.8, 4) is 22.5 Å². The van der Waals surface area contributed by atoms with E-state index in [0.29, 0.717) is 48.9 Å². The summed E-state index contributed by atoms with van der Waals surface area (Å²) >= 11 is 0. The van der Waals surface area contributed by atoms with Crippen LogP contribution < -0.4 is 0 Å². The number of rotatable bonds is 4. The van der Waals surface area contributed by atoms with Gasteiger partial charge < -0.3 is 4.90 Å². The molecule has 0 radical (unpaired) electrons. The van der Waals surface area contributed by atoms with Crippen molar-refractivity contribution in [1.29, 1.82) is 0 Å². The molecule has 0 bridgehead atoms. The number of H-pyrrole nitrogens is 1. The molecule has 0 saturated carbocycles. The molecule has 3 heterocycles. The first kappa shape index (κ1) is 22.9. The second-order valence-corrected chi connectivity index (χ2v) is 8.40. The van der Waals surface area contributed by atoms with E-state index >= 15 is 0 Å². The van der Waals surface area contributed by atoms with Gasteiger partial charge in [0.25, 0.3) is 0 Å². The first-order valence-electron chi connectivity index (χ1n) is 10.7. The molecular weight excluding hydrogens is 438 g/mol. The number of benzene rings is 1. The molecule has 4 rings (SSSR count). The number of carbonyl (C=O) groups excluding carboxylic acids is 1. The van der Waals surface area contributed by atoms with Crippen molar-refractivity contribution in [2.45, 2.75) is 38.8 Å². The predicted octanol–water partition coefficient (Wildman–Crippen LogP) is 5.05. The van der Waals surface area contributed by atoms with E-state index in [-0.39, 0.29) is 29.0 Å². The van der Waals surface area contributed by atoms with Crippen LogP contribution in [0.4, 0.5) is 17.6 Å². The summed E-state index contributed by atoms with van der Waals surface area (Å²) < 4.78 is 54.6. The van der Waals surface area contributed by atoms with Gasteiger partial charge in [0.1, 0.15) is 17.8 Å². The van der Waals surface area contributed by atoms with Gasteiger partial charge in [-0.25, -0.2) is 14.4 Å². The summed E-state index contributed by atoms with van der Waals surface area (Å²) in [4.78, 5) is 22.3. The number of aromatic amines is 1. The minimum absolute atomic E-state index is 0.0405. The Labute approximate surface area is 188 Å². The minimum Gasteiger partial charge on any atom is -0.342 e. The second-order valence-electron chi connectivity index (χ2n) is 8.40. The van der Waals surface area contributed by atoms with Crippen molar-refractivity contribution in [2.75, 3.05) is 13.1 Å².